The van der Waals surface area contributed by atoms with Gasteiger partial charge in [-0.1, -0.05) is 6.07 Å². The van der Waals surface area contributed by atoms with Gasteiger partial charge in [0.25, 0.3) is 0 Å². The summed E-state index contributed by atoms with van der Waals surface area (Å²) in [5.41, 5.74) is 4.95. The largest absolute Gasteiger partial charge is 0.271 e. The van der Waals surface area contributed by atoms with Crippen LogP contribution in [0.4, 0.5) is 4.39 Å². The number of hydrogen-bond donors (Lipinski definition) is 2. The first-order valence-electron chi connectivity index (χ1n) is 5.55. The van der Waals surface area contributed by atoms with E-state index in [4.69, 9.17) is 5.84 Å². The van der Waals surface area contributed by atoms with Gasteiger partial charge in [0.05, 0.1) is 11.7 Å². The zero-order chi connectivity index (χ0) is 14.0. The quantitative estimate of drug-likeness (QED) is 0.623. The summed E-state index contributed by atoms with van der Waals surface area (Å²) in [4.78, 5) is 4.33. The van der Waals surface area contributed by atoms with E-state index in [-0.39, 0.29) is 11.9 Å². The molecule has 1 atom stereocenters. The van der Waals surface area contributed by atoms with Crippen LogP contribution in [-0.4, -0.2) is 4.98 Å². The minimum absolute atomic E-state index is 0.288. The van der Waals surface area contributed by atoms with Gasteiger partial charge in [0.15, 0.2) is 0 Å². The topological polar surface area (TPSA) is 50.9 Å². The average molecular weight is 389 g/mol. The van der Waals surface area contributed by atoms with Crippen molar-refractivity contribution in [2.75, 3.05) is 0 Å². The van der Waals surface area contributed by atoms with Gasteiger partial charge in [0.2, 0.25) is 0 Å². The number of halogens is 3. The summed E-state index contributed by atoms with van der Waals surface area (Å²) >= 11 is 6.78. The molecule has 0 fully saturated rings. The fourth-order valence-electron chi connectivity index (χ4n) is 1.90. The molecule has 0 aliphatic carbocycles. The lowest BCUT2D eigenvalue weighted by Crippen LogP contribution is -2.30. The predicted molar refractivity (Wildman–Crippen MR) is 79.9 cm³/mol. The highest BCUT2D eigenvalue weighted by atomic mass is 79.9. The molecule has 1 aromatic heterocycles. The van der Waals surface area contributed by atoms with Crippen LogP contribution in [0.2, 0.25) is 0 Å². The summed E-state index contributed by atoms with van der Waals surface area (Å²) in [5, 5.41) is 0. The molecule has 1 unspecified atom stereocenters. The first-order valence-corrected chi connectivity index (χ1v) is 7.14. The van der Waals surface area contributed by atoms with Crippen molar-refractivity contribution >= 4 is 31.9 Å². The lowest BCUT2D eigenvalue weighted by atomic mass is 10.0. The molecule has 6 heteroatoms. The average Bonchev–Trinajstić information content (AvgIpc) is 2.31. The minimum atomic E-state index is -0.378. The van der Waals surface area contributed by atoms with E-state index < -0.39 is 0 Å². The third-order valence-corrected chi connectivity index (χ3v) is 3.74. The highest BCUT2D eigenvalue weighted by Crippen LogP contribution is 2.29. The maximum atomic E-state index is 13.5. The van der Waals surface area contributed by atoms with Gasteiger partial charge < -0.3 is 0 Å². The molecule has 2 aromatic rings. The molecule has 0 aliphatic heterocycles. The first kappa shape index (κ1) is 14.6. The van der Waals surface area contributed by atoms with E-state index >= 15 is 0 Å². The molecule has 0 bridgehead atoms. The first-order chi connectivity index (χ1) is 9.01. The molecule has 0 spiro atoms. The molecule has 3 nitrogen and oxygen atoms in total. The van der Waals surface area contributed by atoms with Crippen LogP contribution in [0.5, 0.6) is 0 Å². The Morgan fingerprint density at radius 1 is 1.26 bits per heavy atom. The second-order valence-electron chi connectivity index (χ2n) is 4.18. The van der Waals surface area contributed by atoms with Crippen molar-refractivity contribution in [1.29, 1.82) is 0 Å². The van der Waals surface area contributed by atoms with Crippen molar-refractivity contribution in [3.8, 4) is 0 Å². The SMILES string of the molecule is Cc1cc(F)cc(C(NN)c2ncc(Br)cc2Br)c1. The standard InChI is InChI=1S/C13H12Br2FN3/c1-7-2-8(4-10(16)3-7)12(19-17)13-11(15)5-9(14)6-18-13/h2-6,12,19H,17H2,1H3. The van der Waals surface area contributed by atoms with Crippen molar-refractivity contribution in [2.24, 2.45) is 5.84 Å². The Bertz CT molecular complexity index is 584. The van der Waals surface area contributed by atoms with E-state index in [1.54, 1.807) is 6.20 Å². The highest BCUT2D eigenvalue weighted by molar-refractivity contribution is 9.11. The normalized spacial score (nSPS) is 12.5. The van der Waals surface area contributed by atoms with E-state index in [1.165, 1.54) is 12.1 Å². The Balaban J connectivity index is 2.49. The van der Waals surface area contributed by atoms with Crippen LogP contribution in [-0.2, 0) is 0 Å². The maximum absolute atomic E-state index is 13.5. The Kier molecular flexibility index (Phi) is 4.67. The fraction of sp³-hybridized carbons (Fsp3) is 0.154. The monoisotopic (exact) mass is 387 g/mol. The molecule has 1 aromatic carbocycles. The summed E-state index contributed by atoms with van der Waals surface area (Å²) in [6, 6.07) is 6.30. The molecule has 0 radical (unpaired) electrons. The number of rotatable bonds is 3. The third-order valence-electron chi connectivity index (χ3n) is 2.67. The van der Waals surface area contributed by atoms with Gasteiger partial charge in [-0.05, 0) is 68.1 Å². The number of nitrogens with two attached hydrogens (primary N) is 1. The second kappa shape index (κ2) is 6.09. The maximum Gasteiger partial charge on any atom is 0.123 e. The van der Waals surface area contributed by atoms with Gasteiger partial charge >= 0.3 is 0 Å². The summed E-state index contributed by atoms with van der Waals surface area (Å²) in [5.74, 6) is 5.31. The van der Waals surface area contributed by atoms with Gasteiger partial charge in [-0.25, -0.2) is 9.82 Å². The Morgan fingerprint density at radius 3 is 2.58 bits per heavy atom. The summed E-state index contributed by atoms with van der Waals surface area (Å²) in [7, 11) is 0. The van der Waals surface area contributed by atoms with Crippen molar-refractivity contribution in [3.63, 3.8) is 0 Å². The molecule has 3 N–H and O–H groups in total. The van der Waals surface area contributed by atoms with E-state index in [0.717, 1.165) is 20.1 Å². The number of benzene rings is 1. The molecule has 100 valence electrons. The molecule has 19 heavy (non-hydrogen) atoms. The number of hydrazine groups is 1. The van der Waals surface area contributed by atoms with Crippen LogP contribution in [0, 0.1) is 12.7 Å². The fourth-order valence-corrected chi connectivity index (χ4v) is 3.12. The number of nitrogens with one attached hydrogen (secondary N) is 1. The van der Waals surface area contributed by atoms with Crippen LogP contribution in [0.25, 0.3) is 0 Å². The Hall–Kier alpha value is -0.820. The van der Waals surface area contributed by atoms with Crippen LogP contribution >= 0.6 is 31.9 Å². The Morgan fingerprint density at radius 2 is 2.00 bits per heavy atom. The lowest BCUT2D eigenvalue weighted by molar-refractivity contribution is 0.595. The van der Waals surface area contributed by atoms with Crippen molar-refractivity contribution in [3.05, 3.63) is 62.0 Å². The van der Waals surface area contributed by atoms with E-state index in [9.17, 15) is 4.39 Å². The van der Waals surface area contributed by atoms with Gasteiger partial charge in [0.1, 0.15) is 5.82 Å². The minimum Gasteiger partial charge on any atom is -0.271 e. The molecule has 1 heterocycles. The molecular formula is C13H12Br2FN3. The van der Waals surface area contributed by atoms with Crippen LogP contribution in [0.1, 0.15) is 22.9 Å². The smallest absolute Gasteiger partial charge is 0.123 e. The Labute approximate surface area is 127 Å². The molecular weight excluding hydrogens is 377 g/mol. The number of aryl methyl sites for hydroxylation is 1. The van der Waals surface area contributed by atoms with Crippen LogP contribution < -0.4 is 11.3 Å². The number of pyridine rings is 1. The van der Waals surface area contributed by atoms with E-state index in [0.29, 0.717) is 5.69 Å². The molecule has 0 amide bonds. The van der Waals surface area contributed by atoms with Gasteiger partial charge in [-0.15, -0.1) is 0 Å². The van der Waals surface area contributed by atoms with Crippen LogP contribution in [0.15, 0.2) is 39.4 Å². The highest BCUT2D eigenvalue weighted by Gasteiger charge is 2.18. The molecule has 0 saturated carbocycles. The van der Waals surface area contributed by atoms with Gasteiger partial charge in [-0.3, -0.25) is 10.8 Å². The zero-order valence-electron chi connectivity index (χ0n) is 10.1. The predicted octanol–water partition coefficient (Wildman–Crippen LogP) is 3.61. The van der Waals surface area contributed by atoms with Crippen LogP contribution in [0.3, 0.4) is 0 Å². The molecule has 0 saturated heterocycles. The van der Waals surface area contributed by atoms with Gasteiger partial charge in [0, 0.05) is 15.1 Å². The van der Waals surface area contributed by atoms with Crippen molar-refractivity contribution < 1.29 is 4.39 Å². The lowest BCUT2D eigenvalue weighted by Gasteiger charge is -2.18. The zero-order valence-corrected chi connectivity index (χ0v) is 13.3. The third kappa shape index (κ3) is 3.39. The van der Waals surface area contributed by atoms with Crippen molar-refractivity contribution in [1.82, 2.24) is 10.4 Å². The number of hydrogen-bond acceptors (Lipinski definition) is 3. The summed E-state index contributed by atoms with van der Waals surface area (Å²) < 4.78 is 15.2. The second-order valence-corrected chi connectivity index (χ2v) is 5.95. The number of aromatic nitrogens is 1. The van der Waals surface area contributed by atoms with E-state index in [2.05, 4.69) is 42.3 Å². The summed E-state index contributed by atoms with van der Waals surface area (Å²) in [6.07, 6.45) is 1.68. The van der Waals surface area contributed by atoms with E-state index in [1.807, 2.05) is 19.1 Å². The summed E-state index contributed by atoms with van der Waals surface area (Å²) in [6.45, 7) is 1.84. The number of nitrogens with zero attached hydrogens (tertiary/aromatic N) is 1. The molecule has 0 aliphatic rings. The van der Waals surface area contributed by atoms with Crippen molar-refractivity contribution in [2.45, 2.75) is 13.0 Å². The van der Waals surface area contributed by atoms with Gasteiger partial charge in [-0.2, -0.15) is 0 Å². The molecule has 2 rings (SSSR count).